The van der Waals surface area contributed by atoms with E-state index in [-0.39, 0.29) is 52.2 Å². The summed E-state index contributed by atoms with van der Waals surface area (Å²) in [6.07, 6.45) is 0. The molecule has 0 atom stereocenters. The van der Waals surface area contributed by atoms with Crippen molar-refractivity contribution in [2.45, 2.75) is 30.6 Å². The van der Waals surface area contributed by atoms with Crippen LogP contribution >= 0.6 is 0 Å². The smallest absolute Gasteiger partial charge is 0.424 e. The third kappa shape index (κ3) is 13.6. The van der Waals surface area contributed by atoms with Crippen LogP contribution in [0.3, 0.4) is 0 Å². The predicted molar refractivity (Wildman–Crippen MR) is 141 cm³/mol. The third-order valence-corrected chi connectivity index (χ3v) is 11.2. The van der Waals surface area contributed by atoms with Gasteiger partial charge in [0.15, 0.2) is 0 Å². The number of benzene rings is 4. The monoisotopic (exact) mass is 788 g/mol. The lowest BCUT2D eigenvalue weighted by atomic mass is 10.2. The van der Waals surface area contributed by atoms with Crippen LogP contribution in [0, 0.1) is 35.8 Å². The zero-order valence-corrected chi connectivity index (χ0v) is 27.3. The van der Waals surface area contributed by atoms with Gasteiger partial charge in [-0.05, 0) is 69.3 Å². The van der Waals surface area contributed by atoms with Gasteiger partial charge in [-0.2, -0.15) is 0 Å². The summed E-state index contributed by atoms with van der Waals surface area (Å²) in [4.78, 5) is -0.355. The van der Waals surface area contributed by atoms with E-state index in [0.29, 0.717) is 0 Å². The summed E-state index contributed by atoms with van der Waals surface area (Å²) in [5.74, 6) is 0. The van der Waals surface area contributed by atoms with Crippen molar-refractivity contribution in [3.8, 4) is 7.85 Å². The fourth-order valence-electron chi connectivity index (χ4n) is 2.63. The maximum absolute atomic E-state index is 10.4. The Hall–Kier alpha value is -2.28. The molecule has 4 aromatic carbocycles. The maximum atomic E-state index is 10.4. The van der Waals surface area contributed by atoms with Gasteiger partial charge in [-0.15, -0.1) is 0 Å². The number of rotatable bonds is 4. The van der Waals surface area contributed by atoms with Crippen molar-refractivity contribution >= 4 is 20.2 Å². The largest absolute Gasteiger partial charge is 0.744 e. The SMILES string of the molecule is Cc1ccc(S(=O)(=O)[O-])cc1.Cc1ccc(S(=O)(=O)[O-])cc1.Cc1ccc([I+]C#C[I+]c2ccccc2)cc1. The molecule has 4 aromatic rings. The molecule has 0 aliphatic heterocycles. The highest BCUT2D eigenvalue weighted by molar-refractivity contribution is 7.86. The molecule has 0 unspecified atom stereocenters. The Bertz CT molecular complexity index is 1520. The summed E-state index contributed by atoms with van der Waals surface area (Å²) in [5.41, 5.74) is 3.18. The van der Waals surface area contributed by atoms with E-state index in [2.05, 4.69) is 69.4 Å². The first-order valence-corrected chi connectivity index (χ1v) is 18.4. The second-order valence-corrected chi connectivity index (χ2v) is 15.4. The van der Waals surface area contributed by atoms with Crippen molar-refractivity contribution in [1.82, 2.24) is 0 Å². The molecular formula is C29H26I2O6S2. The van der Waals surface area contributed by atoms with Crippen LogP contribution in [0.25, 0.3) is 0 Å². The zero-order valence-electron chi connectivity index (χ0n) is 21.3. The van der Waals surface area contributed by atoms with Crippen LogP contribution in [0.5, 0.6) is 0 Å². The van der Waals surface area contributed by atoms with E-state index in [1.54, 1.807) is 24.3 Å². The van der Waals surface area contributed by atoms with Gasteiger partial charge in [0.1, 0.15) is 20.2 Å². The quantitative estimate of drug-likeness (QED) is 0.148. The normalized spacial score (nSPS) is 10.6. The van der Waals surface area contributed by atoms with Crippen LogP contribution in [-0.2, 0) is 20.2 Å². The standard InChI is InChI=1S/C15H12I2.2C7H8O3S/c1-13-7-9-15(10-8-13)17-12-11-16-14-5-3-2-4-6-14;2*1-6-2-4-7(5-3-6)11(8,9)10/h2-10H,1H3;2*2-5H,1H3,(H,8,9,10)/q+2;;/p-2. The lowest BCUT2D eigenvalue weighted by Crippen LogP contribution is -3.63. The molecule has 0 aromatic heterocycles. The average molecular weight is 788 g/mol. The molecule has 0 aliphatic carbocycles. The van der Waals surface area contributed by atoms with Gasteiger partial charge in [-0.25, -0.2) is 16.8 Å². The minimum atomic E-state index is -4.27. The summed E-state index contributed by atoms with van der Waals surface area (Å²) < 4.78 is 71.9. The van der Waals surface area contributed by atoms with Crippen molar-refractivity contribution in [1.29, 1.82) is 0 Å². The Morgan fingerprint density at radius 1 is 0.487 bits per heavy atom. The van der Waals surface area contributed by atoms with Crippen LogP contribution in [0.2, 0.25) is 0 Å². The van der Waals surface area contributed by atoms with Gasteiger partial charge in [0.25, 0.3) is 0 Å². The molecule has 0 aliphatic rings. The molecule has 39 heavy (non-hydrogen) atoms. The van der Waals surface area contributed by atoms with Gasteiger partial charge in [-0.1, -0.05) is 71.3 Å². The molecule has 0 amide bonds. The summed E-state index contributed by atoms with van der Waals surface area (Å²) in [7, 11) is -8.54. The highest BCUT2D eigenvalue weighted by atomic mass is 127. The van der Waals surface area contributed by atoms with E-state index in [1.807, 2.05) is 13.8 Å². The second kappa shape index (κ2) is 16.1. The molecule has 4 rings (SSSR count). The Labute approximate surface area is 251 Å². The van der Waals surface area contributed by atoms with Crippen LogP contribution < -0.4 is 42.4 Å². The third-order valence-electron chi connectivity index (χ3n) is 4.71. The van der Waals surface area contributed by atoms with Gasteiger partial charge < -0.3 is 9.11 Å². The van der Waals surface area contributed by atoms with E-state index in [0.717, 1.165) is 11.1 Å². The molecule has 0 saturated carbocycles. The molecule has 0 saturated heterocycles. The first kappa shape index (κ1) is 32.9. The van der Waals surface area contributed by atoms with Crippen LogP contribution in [-0.4, -0.2) is 25.9 Å². The first-order valence-electron chi connectivity index (χ1n) is 11.3. The molecule has 0 heterocycles. The van der Waals surface area contributed by atoms with Gasteiger partial charge in [0.05, 0.1) is 9.79 Å². The predicted octanol–water partition coefficient (Wildman–Crippen LogP) is -1.07. The molecule has 0 fully saturated rings. The Morgan fingerprint density at radius 3 is 1.13 bits per heavy atom. The molecule has 0 spiro atoms. The zero-order chi connectivity index (χ0) is 28.9. The molecule has 6 nitrogen and oxygen atoms in total. The average Bonchev–Trinajstić information content (AvgIpc) is 2.89. The van der Waals surface area contributed by atoms with E-state index in [1.165, 1.54) is 37.0 Å². The Balaban J connectivity index is 0.000000214. The van der Waals surface area contributed by atoms with Gasteiger partial charge in [-0.3, -0.25) is 0 Å². The molecular weight excluding hydrogens is 762 g/mol. The first-order chi connectivity index (χ1) is 18.3. The minimum Gasteiger partial charge on any atom is -0.744 e. The molecule has 0 N–H and O–H groups in total. The second-order valence-electron chi connectivity index (χ2n) is 8.00. The Morgan fingerprint density at radius 2 is 0.795 bits per heavy atom. The van der Waals surface area contributed by atoms with Crippen molar-refractivity contribution in [2.24, 2.45) is 0 Å². The number of hydrogen-bond donors (Lipinski definition) is 0. The van der Waals surface area contributed by atoms with Gasteiger partial charge >= 0.3 is 42.4 Å². The maximum Gasteiger partial charge on any atom is 0.424 e. The fourth-order valence-corrected chi connectivity index (χ4v) is 7.26. The molecule has 10 heteroatoms. The van der Waals surface area contributed by atoms with E-state index in [4.69, 9.17) is 0 Å². The van der Waals surface area contributed by atoms with Crippen molar-refractivity contribution in [3.63, 3.8) is 0 Å². The number of hydrogen-bond acceptors (Lipinski definition) is 6. The van der Waals surface area contributed by atoms with Gasteiger partial charge in [0.2, 0.25) is 15.0 Å². The molecule has 0 radical (unpaired) electrons. The van der Waals surface area contributed by atoms with Gasteiger partial charge in [0, 0.05) is 0 Å². The van der Waals surface area contributed by atoms with E-state index >= 15 is 0 Å². The number of aryl methyl sites for hydroxylation is 3. The van der Waals surface area contributed by atoms with Crippen molar-refractivity contribution in [2.75, 3.05) is 0 Å². The molecule has 0 bridgehead atoms. The van der Waals surface area contributed by atoms with Crippen LogP contribution in [0.1, 0.15) is 16.7 Å². The molecule has 204 valence electrons. The minimum absolute atomic E-state index is 0.112. The van der Waals surface area contributed by atoms with Crippen molar-refractivity contribution < 1.29 is 68.4 Å². The summed E-state index contributed by atoms with van der Waals surface area (Å²) in [5, 5.41) is 0. The lowest BCUT2D eigenvalue weighted by molar-refractivity contribution is -0.561. The van der Waals surface area contributed by atoms with Crippen molar-refractivity contribution in [3.05, 3.63) is 127 Å². The number of halogens is 2. The van der Waals surface area contributed by atoms with Crippen LogP contribution in [0.15, 0.2) is 113 Å². The summed E-state index contributed by atoms with van der Waals surface area (Å²) >= 11 is -0.230. The fraction of sp³-hybridized carbons (Fsp3) is 0.103. The summed E-state index contributed by atoms with van der Waals surface area (Å²) in [6, 6.07) is 30.9. The van der Waals surface area contributed by atoms with E-state index < -0.39 is 20.2 Å². The topological polar surface area (TPSA) is 114 Å². The Kier molecular flexibility index (Phi) is 13.6. The van der Waals surface area contributed by atoms with Crippen LogP contribution in [0.4, 0.5) is 0 Å². The lowest BCUT2D eigenvalue weighted by Gasteiger charge is -2.05. The van der Waals surface area contributed by atoms with E-state index in [9.17, 15) is 25.9 Å². The highest BCUT2D eigenvalue weighted by Crippen LogP contribution is 2.09. The summed E-state index contributed by atoms with van der Waals surface area (Å²) in [6.45, 7) is 5.76. The highest BCUT2D eigenvalue weighted by Gasteiger charge is 2.12.